The van der Waals surface area contributed by atoms with Crippen molar-refractivity contribution in [3.63, 3.8) is 0 Å². The Morgan fingerprint density at radius 1 is 1.23 bits per heavy atom. The topological polar surface area (TPSA) is 46.2 Å². The molecule has 3 rings (SSSR count). The highest BCUT2D eigenvalue weighted by molar-refractivity contribution is 7.80. The Kier molecular flexibility index (Phi) is 5.95. The minimum atomic E-state index is -0.625. The largest absolute Gasteiger partial charge is 0.494 e. The number of nitrogens with one attached hydrogen (secondary N) is 2. The van der Waals surface area contributed by atoms with E-state index in [2.05, 4.69) is 15.6 Å². The van der Waals surface area contributed by atoms with E-state index in [0.717, 1.165) is 10.2 Å². The van der Waals surface area contributed by atoms with Crippen LogP contribution in [0, 0.1) is 11.6 Å². The Morgan fingerprint density at radius 2 is 1.96 bits per heavy atom. The van der Waals surface area contributed by atoms with Gasteiger partial charge >= 0.3 is 0 Å². The minimum Gasteiger partial charge on any atom is -0.494 e. The average molecular weight is 393 g/mol. The molecule has 0 radical (unpaired) electrons. The van der Waals surface area contributed by atoms with Gasteiger partial charge in [-0.25, -0.2) is 13.8 Å². The lowest BCUT2D eigenvalue weighted by Crippen LogP contribution is -2.30. The van der Waals surface area contributed by atoms with Gasteiger partial charge in [-0.2, -0.15) is 0 Å². The van der Waals surface area contributed by atoms with Gasteiger partial charge < -0.3 is 15.4 Å². The van der Waals surface area contributed by atoms with E-state index in [9.17, 15) is 8.78 Å². The van der Waals surface area contributed by atoms with Gasteiger partial charge in [-0.05, 0) is 37.7 Å². The van der Waals surface area contributed by atoms with E-state index in [-0.39, 0.29) is 17.7 Å². The molecule has 0 bridgehead atoms. The van der Waals surface area contributed by atoms with Crippen LogP contribution in [0.15, 0.2) is 36.4 Å². The van der Waals surface area contributed by atoms with E-state index in [1.165, 1.54) is 23.5 Å². The number of para-hydroxylation sites is 1. The van der Waals surface area contributed by atoms with Gasteiger partial charge in [-0.1, -0.05) is 23.5 Å². The zero-order valence-corrected chi connectivity index (χ0v) is 15.6. The van der Waals surface area contributed by atoms with Crippen LogP contribution in [0.1, 0.15) is 12.5 Å². The summed E-state index contributed by atoms with van der Waals surface area (Å²) in [6.07, 6.45) is 0.158. The van der Waals surface area contributed by atoms with Crippen molar-refractivity contribution in [3.05, 3.63) is 53.6 Å². The number of benzene rings is 2. The van der Waals surface area contributed by atoms with E-state index in [4.69, 9.17) is 17.0 Å². The summed E-state index contributed by atoms with van der Waals surface area (Å²) in [5, 5.41) is 6.96. The zero-order chi connectivity index (χ0) is 18.5. The summed E-state index contributed by atoms with van der Waals surface area (Å²) < 4.78 is 34.2. The average Bonchev–Trinajstić information content (AvgIpc) is 2.99. The Bertz CT molecular complexity index is 874. The first kappa shape index (κ1) is 18.5. The van der Waals surface area contributed by atoms with Gasteiger partial charge in [0.1, 0.15) is 17.4 Å². The molecular weight excluding hydrogens is 376 g/mol. The van der Waals surface area contributed by atoms with Crippen molar-refractivity contribution in [1.29, 1.82) is 0 Å². The van der Waals surface area contributed by atoms with Gasteiger partial charge in [-0.15, -0.1) is 0 Å². The Balaban J connectivity index is 1.55. The Hall–Kier alpha value is -2.32. The maximum Gasteiger partial charge on any atom is 0.190 e. The highest BCUT2D eigenvalue weighted by Gasteiger charge is 2.12. The maximum absolute atomic E-state index is 14.0. The number of anilines is 1. The lowest BCUT2D eigenvalue weighted by molar-refractivity contribution is 0.335. The predicted octanol–water partition coefficient (Wildman–Crippen LogP) is 4.50. The molecule has 0 fully saturated rings. The first-order chi connectivity index (χ1) is 12.6. The summed E-state index contributed by atoms with van der Waals surface area (Å²) in [6, 6.07) is 10.2. The number of fused-ring (bicyclic) bond motifs is 1. The maximum atomic E-state index is 14.0. The standard InChI is InChI=1S/C18H17F2N3OS2/c1-2-24-11-9-13(19)12(14(20)10-11)7-8-21-17(25)23-18-22-15-5-3-4-6-16(15)26-18/h3-6,9-10H,2,7-8H2,1H3,(H2,21,22,23,25). The Labute approximate surface area is 159 Å². The summed E-state index contributed by atoms with van der Waals surface area (Å²) >= 11 is 6.70. The quantitative estimate of drug-likeness (QED) is 0.604. The fraction of sp³-hybridized carbons (Fsp3) is 0.222. The lowest BCUT2D eigenvalue weighted by Gasteiger charge is -2.11. The van der Waals surface area contributed by atoms with Gasteiger partial charge in [-0.3, -0.25) is 0 Å². The number of thiocarbonyl (C=S) groups is 1. The number of hydrogen-bond acceptors (Lipinski definition) is 4. The third kappa shape index (κ3) is 4.44. The Morgan fingerprint density at radius 3 is 2.65 bits per heavy atom. The number of halogens is 2. The van der Waals surface area contributed by atoms with Gasteiger partial charge in [0, 0.05) is 24.2 Å². The van der Waals surface area contributed by atoms with Crippen molar-refractivity contribution >= 4 is 44.0 Å². The molecule has 26 heavy (non-hydrogen) atoms. The molecule has 0 aliphatic heterocycles. The SMILES string of the molecule is CCOc1cc(F)c(CCNC(=S)Nc2nc3ccccc3s2)c(F)c1. The van der Waals surface area contributed by atoms with Crippen LogP contribution < -0.4 is 15.4 Å². The molecule has 1 heterocycles. The molecule has 0 saturated heterocycles. The van der Waals surface area contributed by atoms with Crippen LogP contribution in [0.2, 0.25) is 0 Å². The molecule has 1 aromatic heterocycles. The van der Waals surface area contributed by atoms with Crippen LogP contribution >= 0.6 is 23.6 Å². The molecule has 4 nitrogen and oxygen atoms in total. The first-order valence-corrected chi connectivity index (χ1v) is 9.30. The number of aromatic nitrogens is 1. The molecule has 136 valence electrons. The highest BCUT2D eigenvalue weighted by atomic mass is 32.1. The summed E-state index contributed by atoms with van der Waals surface area (Å²) in [5.41, 5.74) is 0.894. The smallest absolute Gasteiger partial charge is 0.190 e. The van der Waals surface area contributed by atoms with Crippen LogP contribution in [0.25, 0.3) is 10.2 Å². The normalized spacial score (nSPS) is 10.7. The molecule has 2 N–H and O–H groups in total. The second kappa shape index (κ2) is 8.37. The van der Waals surface area contributed by atoms with Crippen LogP contribution in [0.3, 0.4) is 0 Å². The fourth-order valence-electron chi connectivity index (χ4n) is 2.44. The predicted molar refractivity (Wildman–Crippen MR) is 105 cm³/mol. The molecule has 3 aromatic rings. The fourth-order valence-corrected chi connectivity index (χ4v) is 3.57. The monoisotopic (exact) mass is 393 g/mol. The van der Waals surface area contributed by atoms with Crippen molar-refractivity contribution in [2.45, 2.75) is 13.3 Å². The highest BCUT2D eigenvalue weighted by Crippen LogP contribution is 2.25. The van der Waals surface area contributed by atoms with E-state index in [0.29, 0.717) is 23.4 Å². The van der Waals surface area contributed by atoms with Crippen molar-refractivity contribution in [2.75, 3.05) is 18.5 Å². The molecule has 0 unspecified atom stereocenters. The second-order valence-electron chi connectivity index (χ2n) is 5.42. The molecule has 0 saturated carbocycles. The molecule has 0 atom stereocenters. The summed E-state index contributed by atoms with van der Waals surface area (Å²) in [7, 11) is 0. The van der Waals surface area contributed by atoms with Gasteiger partial charge in [0.2, 0.25) is 0 Å². The second-order valence-corrected chi connectivity index (χ2v) is 6.86. The van der Waals surface area contributed by atoms with Gasteiger partial charge in [0.15, 0.2) is 10.2 Å². The number of thiazole rings is 1. The molecular formula is C18H17F2N3OS2. The summed E-state index contributed by atoms with van der Waals surface area (Å²) in [5.74, 6) is -1.06. The van der Waals surface area contributed by atoms with Crippen molar-refractivity contribution in [2.24, 2.45) is 0 Å². The third-order valence-electron chi connectivity index (χ3n) is 3.60. The van der Waals surface area contributed by atoms with E-state index in [1.54, 1.807) is 6.92 Å². The summed E-state index contributed by atoms with van der Waals surface area (Å²) in [4.78, 5) is 4.42. The van der Waals surface area contributed by atoms with E-state index in [1.807, 2.05) is 24.3 Å². The van der Waals surface area contributed by atoms with Crippen molar-refractivity contribution in [3.8, 4) is 5.75 Å². The lowest BCUT2D eigenvalue weighted by atomic mass is 10.1. The van der Waals surface area contributed by atoms with Crippen molar-refractivity contribution in [1.82, 2.24) is 10.3 Å². The van der Waals surface area contributed by atoms with Crippen LogP contribution in [-0.2, 0) is 6.42 Å². The van der Waals surface area contributed by atoms with Gasteiger partial charge in [0.25, 0.3) is 0 Å². The first-order valence-electron chi connectivity index (χ1n) is 8.08. The molecule has 0 spiro atoms. The molecule has 0 aliphatic rings. The summed E-state index contributed by atoms with van der Waals surface area (Å²) in [6.45, 7) is 2.40. The number of nitrogens with zero attached hydrogens (tertiary/aromatic N) is 1. The van der Waals surface area contributed by atoms with E-state index < -0.39 is 11.6 Å². The third-order valence-corrected chi connectivity index (χ3v) is 4.80. The molecule has 0 aliphatic carbocycles. The van der Waals surface area contributed by atoms with Crippen LogP contribution in [0.5, 0.6) is 5.75 Å². The van der Waals surface area contributed by atoms with Crippen molar-refractivity contribution < 1.29 is 13.5 Å². The molecule has 2 aromatic carbocycles. The molecule has 0 amide bonds. The van der Waals surface area contributed by atoms with E-state index >= 15 is 0 Å². The zero-order valence-electron chi connectivity index (χ0n) is 14.0. The number of rotatable bonds is 6. The number of hydrogen-bond donors (Lipinski definition) is 2. The van der Waals surface area contributed by atoms with Crippen LogP contribution in [0.4, 0.5) is 13.9 Å². The van der Waals surface area contributed by atoms with Crippen LogP contribution in [-0.4, -0.2) is 23.2 Å². The number of ether oxygens (including phenoxy) is 1. The molecule has 8 heteroatoms. The van der Waals surface area contributed by atoms with Gasteiger partial charge in [0.05, 0.1) is 16.8 Å². The minimum absolute atomic E-state index is 0.00346.